The third-order valence-electron chi connectivity index (χ3n) is 5.11. The van der Waals surface area contributed by atoms with E-state index in [9.17, 15) is 4.79 Å². The summed E-state index contributed by atoms with van der Waals surface area (Å²) in [4.78, 5) is 24.7. The number of carbonyl (C=O) groups is 1. The van der Waals surface area contributed by atoms with Crippen molar-refractivity contribution in [2.24, 2.45) is 16.5 Å². The Hall–Kier alpha value is -2.72. The van der Waals surface area contributed by atoms with Gasteiger partial charge in [0.15, 0.2) is 16.0 Å². The molecule has 0 spiro atoms. The van der Waals surface area contributed by atoms with Gasteiger partial charge >= 0.3 is 0 Å². The molecular weight excluding hydrogens is 459 g/mol. The van der Waals surface area contributed by atoms with Crippen molar-refractivity contribution in [3.8, 4) is 0 Å². The van der Waals surface area contributed by atoms with Crippen molar-refractivity contribution >= 4 is 57.6 Å². The van der Waals surface area contributed by atoms with Gasteiger partial charge in [-0.15, -0.1) is 0 Å². The van der Waals surface area contributed by atoms with Crippen LogP contribution in [0.4, 0.5) is 0 Å². The number of H-pyrrole nitrogens is 1. The Morgan fingerprint density at radius 2 is 2.03 bits per heavy atom. The number of aromatic nitrogens is 2. The van der Waals surface area contributed by atoms with Crippen LogP contribution in [0.1, 0.15) is 11.7 Å². The molecule has 0 amide bonds. The number of amidine groups is 1. The van der Waals surface area contributed by atoms with Crippen LogP contribution in [-0.4, -0.2) is 34.7 Å². The van der Waals surface area contributed by atoms with Crippen LogP contribution in [-0.2, 0) is 4.79 Å². The number of hydrogen-bond acceptors (Lipinski definition) is 8. The summed E-state index contributed by atoms with van der Waals surface area (Å²) in [5, 5.41) is 5.12. The quantitative estimate of drug-likeness (QED) is 0.456. The lowest BCUT2D eigenvalue weighted by Crippen LogP contribution is -2.39. The predicted octanol–water partition coefficient (Wildman–Crippen LogP) is 3.34. The number of aromatic amines is 1. The normalized spacial score (nSPS) is 20.5. The maximum absolute atomic E-state index is 12.7. The van der Waals surface area contributed by atoms with E-state index in [-0.39, 0.29) is 18.2 Å². The van der Waals surface area contributed by atoms with Gasteiger partial charge in [-0.2, -0.15) is 0 Å². The van der Waals surface area contributed by atoms with Gasteiger partial charge in [-0.05, 0) is 36.0 Å². The van der Waals surface area contributed by atoms with E-state index >= 15 is 0 Å². The van der Waals surface area contributed by atoms with Crippen molar-refractivity contribution < 1.29 is 9.21 Å². The van der Waals surface area contributed by atoms with E-state index in [2.05, 4.69) is 20.3 Å². The number of halogens is 2. The van der Waals surface area contributed by atoms with Crippen LogP contribution in [0.3, 0.4) is 0 Å². The van der Waals surface area contributed by atoms with Crippen molar-refractivity contribution in [1.29, 1.82) is 0 Å². The molecule has 0 saturated carbocycles. The minimum Gasteiger partial charge on any atom is -0.453 e. The second-order valence-corrected chi connectivity index (χ2v) is 8.83. The zero-order valence-corrected chi connectivity index (χ0v) is 18.2. The molecule has 5 rings (SSSR count). The smallest absolute Gasteiger partial charge is 0.175 e. The molecule has 2 aromatic heterocycles. The second-order valence-electron chi connectivity index (χ2n) is 7.02. The molecule has 0 fully saturated rings. The number of benzene rings is 1. The van der Waals surface area contributed by atoms with Crippen LogP contribution < -0.4 is 16.8 Å². The molecule has 1 atom stereocenters. The van der Waals surface area contributed by atoms with Gasteiger partial charge in [-0.25, -0.2) is 9.98 Å². The first-order valence-corrected chi connectivity index (χ1v) is 10.9. The number of nitrogens with zero attached hydrogens (tertiary/aromatic N) is 2. The van der Waals surface area contributed by atoms with Crippen molar-refractivity contribution in [1.82, 2.24) is 15.3 Å². The molecule has 0 bridgehead atoms. The molecule has 158 valence electrons. The van der Waals surface area contributed by atoms with Crippen LogP contribution in [0.2, 0.25) is 10.0 Å². The minimum atomic E-state index is -0.505. The Balaban J connectivity index is 1.49. The summed E-state index contributed by atoms with van der Waals surface area (Å²) < 4.78 is 6.09. The predicted molar refractivity (Wildman–Crippen MR) is 120 cm³/mol. The number of furan rings is 1. The highest BCUT2D eigenvalue weighted by Crippen LogP contribution is 2.41. The Kier molecular flexibility index (Phi) is 5.05. The molecule has 4 heterocycles. The van der Waals surface area contributed by atoms with E-state index in [1.165, 1.54) is 18.0 Å². The van der Waals surface area contributed by atoms with Crippen molar-refractivity contribution in [3.05, 3.63) is 63.1 Å². The van der Waals surface area contributed by atoms with Crippen LogP contribution >= 0.6 is 35.0 Å². The third-order valence-corrected chi connectivity index (χ3v) is 6.64. The molecule has 6 N–H and O–H groups in total. The van der Waals surface area contributed by atoms with Gasteiger partial charge in [0.2, 0.25) is 0 Å². The van der Waals surface area contributed by atoms with E-state index in [4.69, 9.17) is 39.1 Å². The van der Waals surface area contributed by atoms with Gasteiger partial charge in [-0.3, -0.25) is 4.79 Å². The van der Waals surface area contributed by atoms with Crippen LogP contribution in [0.15, 0.2) is 67.0 Å². The first-order chi connectivity index (χ1) is 14.9. The zero-order chi connectivity index (χ0) is 21.7. The number of Topliss-reactive ketones (excluding diaryl/α,β-unsaturated/α-hetero) is 1. The highest BCUT2D eigenvalue weighted by atomic mass is 35.5. The van der Waals surface area contributed by atoms with Gasteiger partial charge in [0.25, 0.3) is 0 Å². The fourth-order valence-electron chi connectivity index (χ4n) is 3.73. The van der Waals surface area contributed by atoms with Crippen molar-refractivity contribution in [3.63, 3.8) is 0 Å². The molecule has 0 saturated heterocycles. The summed E-state index contributed by atoms with van der Waals surface area (Å²) >= 11 is 13.5. The maximum Gasteiger partial charge on any atom is 0.175 e. The van der Waals surface area contributed by atoms with Gasteiger partial charge in [0.1, 0.15) is 11.6 Å². The molecule has 0 radical (unpaired) electrons. The summed E-state index contributed by atoms with van der Waals surface area (Å²) in [7, 11) is 0. The SMILES string of the molecule is N/C=C1\C(N)=NC2=C(C(=O)CNC2)C1c1ccc(Sc2nc3cc(Cl)c(Cl)cc3[nH]2)o1. The second kappa shape index (κ2) is 7.76. The summed E-state index contributed by atoms with van der Waals surface area (Å²) in [6, 6.07) is 7.05. The first-order valence-electron chi connectivity index (χ1n) is 9.30. The number of nitrogens with two attached hydrogens (primary N) is 2. The number of aliphatic imine (C=N–C) groups is 1. The van der Waals surface area contributed by atoms with Crippen LogP contribution in [0.25, 0.3) is 11.0 Å². The number of rotatable bonds is 3. The summed E-state index contributed by atoms with van der Waals surface area (Å²) in [5.41, 5.74) is 15.1. The topological polar surface area (TPSA) is 135 Å². The molecule has 1 aromatic carbocycles. The van der Waals surface area contributed by atoms with Crippen LogP contribution in [0, 0.1) is 0 Å². The summed E-state index contributed by atoms with van der Waals surface area (Å²) in [5.74, 6) is 0.273. The van der Waals surface area contributed by atoms with E-state index in [0.717, 1.165) is 5.52 Å². The summed E-state index contributed by atoms with van der Waals surface area (Å²) in [6.07, 6.45) is 1.38. The Labute approximate surface area is 190 Å². The average Bonchev–Trinajstić information content (AvgIpc) is 3.34. The molecular formula is C20H16Cl2N6O2S. The van der Waals surface area contributed by atoms with E-state index < -0.39 is 5.92 Å². The lowest BCUT2D eigenvalue weighted by atomic mass is 9.81. The highest BCUT2D eigenvalue weighted by Gasteiger charge is 2.37. The van der Waals surface area contributed by atoms with E-state index in [0.29, 0.717) is 55.0 Å². The Morgan fingerprint density at radius 3 is 2.84 bits per heavy atom. The number of hydrogen-bond donors (Lipinski definition) is 4. The van der Waals surface area contributed by atoms with Gasteiger partial charge < -0.3 is 26.2 Å². The lowest BCUT2D eigenvalue weighted by Gasteiger charge is -2.29. The zero-order valence-electron chi connectivity index (χ0n) is 15.9. The molecule has 1 unspecified atom stereocenters. The van der Waals surface area contributed by atoms with Crippen molar-refractivity contribution in [2.45, 2.75) is 16.2 Å². The van der Waals surface area contributed by atoms with E-state index in [1.54, 1.807) is 12.1 Å². The molecule has 11 heteroatoms. The number of nitrogens with one attached hydrogen (secondary N) is 2. The van der Waals surface area contributed by atoms with Gasteiger partial charge in [0.05, 0.1) is 39.2 Å². The average molecular weight is 475 g/mol. The Bertz CT molecular complexity index is 1280. The lowest BCUT2D eigenvalue weighted by molar-refractivity contribution is -0.115. The minimum absolute atomic E-state index is 0.0569. The molecule has 2 aliphatic heterocycles. The number of ketones is 1. The fourth-order valence-corrected chi connectivity index (χ4v) is 4.82. The highest BCUT2D eigenvalue weighted by molar-refractivity contribution is 7.99. The fraction of sp³-hybridized carbons (Fsp3) is 0.150. The third kappa shape index (κ3) is 3.53. The monoisotopic (exact) mass is 474 g/mol. The first kappa shape index (κ1) is 20.2. The number of imidazole rings is 1. The number of carbonyl (C=O) groups excluding carboxylic acids is 1. The standard InChI is InChI=1S/C20H16Cl2N6O2S/c21-9-3-11-12(4-10(9)22)28-20(27-11)31-16-2-1-15(30-16)17-8(5-23)19(24)26-13-6-25-7-14(29)18(13)17/h1-5,17,25H,6-7,23H2,(H2,24,26)(H,27,28)/b8-5-. The Morgan fingerprint density at radius 1 is 1.23 bits per heavy atom. The molecule has 0 aliphatic carbocycles. The summed E-state index contributed by atoms with van der Waals surface area (Å²) in [6.45, 7) is 0.692. The molecule has 3 aromatic rings. The molecule has 2 aliphatic rings. The van der Waals surface area contributed by atoms with Crippen LogP contribution in [0.5, 0.6) is 0 Å². The maximum atomic E-state index is 12.7. The largest absolute Gasteiger partial charge is 0.453 e. The number of fused-ring (bicyclic) bond motifs is 1. The van der Waals surface area contributed by atoms with Gasteiger partial charge in [-0.1, -0.05) is 23.2 Å². The molecule has 8 nitrogen and oxygen atoms in total. The molecule has 31 heavy (non-hydrogen) atoms. The van der Waals surface area contributed by atoms with Gasteiger partial charge in [0, 0.05) is 23.9 Å². The van der Waals surface area contributed by atoms with E-state index in [1.807, 2.05) is 12.1 Å². The van der Waals surface area contributed by atoms with Crippen molar-refractivity contribution in [2.75, 3.05) is 13.1 Å².